The van der Waals surface area contributed by atoms with Gasteiger partial charge < -0.3 is 4.74 Å². The molecule has 0 aromatic heterocycles. The fourth-order valence-corrected chi connectivity index (χ4v) is 1.26. The van der Waals surface area contributed by atoms with E-state index in [1.807, 2.05) is 0 Å². The van der Waals surface area contributed by atoms with E-state index in [1.165, 1.54) is 18.2 Å². The van der Waals surface area contributed by atoms with Crippen molar-refractivity contribution in [1.82, 2.24) is 0 Å². The van der Waals surface area contributed by atoms with Crippen LogP contribution in [0.15, 0.2) is 18.2 Å². The number of benzene rings is 1. The minimum Gasteiger partial charge on any atom is -0.365 e. The fourth-order valence-electron chi connectivity index (χ4n) is 1.26. The minimum atomic E-state index is -0.727. The first-order chi connectivity index (χ1) is 5.63. The van der Waals surface area contributed by atoms with Crippen LogP contribution in [0.25, 0.3) is 0 Å². The molecule has 1 fully saturated rings. The van der Waals surface area contributed by atoms with Crippen molar-refractivity contribution in [3.05, 3.63) is 35.4 Å². The van der Waals surface area contributed by atoms with E-state index < -0.39 is 17.2 Å². The van der Waals surface area contributed by atoms with Gasteiger partial charge in [-0.1, -0.05) is 6.07 Å². The molecule has 1 nitrogen and oxygen atoms in total. The van der Waals surface area contributed by atoms with Crippen molar-refractivity contribution in [3.8, 4) is 0 Å². The van der Waals surface area contributed by atoms with Crippen LogP contribution in [0, 0.1) is 11.6 Å². The molecule has 0 bridgehead atoms. The highest BCUT2D eigenvalue weighted by atomic mass is 19.1. The maximum atomic E-state index is 13.1. The Morgan fingerprint density at radius 3 is 2.25 bits per heavy atom. The molecule has 3 heteroatoms. The van der Waals surface area contributed by atoms with Crippen molar-refractivity contribution < 1.29 is 13.5 Å². The largest absolute Gasteiger partial charge is 0.365 e. The normalized spacial score (nSPS) is 27.2. The van der Waals surface area contributed by atoms with Crippen LogP contribution in [-0.2, 0) is 10.3 Å². The molecule has 0 radical (unpaired) electrons. The number of epoxide rings is 1. The molecule has 0 saturated carbocycles. The topological polar surface area (TPSA) is 12.5 Å². The Morgan fingerprint density at radius 2 is 1.83 bits per heavy atom. The summed E-state index contributed by atoms with van der Waals surface area (Å²) in [5.74, 6) is -1.06. The third-order valence-corrected chi connectivity index (χ3v) is 2.07. The molecule has 1 saturated heterocycles. The van der Waals surface area contributed by atoms with Gasteiger partial charge in [-0.05, 0) is 19.1 Å². The Hall–Kier alpha value is -0.960. The third kappa shape index (κ3) is 1.01. The zero-order chi connectivity index (χ0) is 8.77. The second-order valence-electron chi connectivity index (χ2n) is 3.12. The molecule has 0 amide bonds. The van der Waals surface area contributed by atoms with Gasteiger partial charge in [0, 0.05) is 0 Å². The van der Waals surface area contributed by atoms with Gasteiger partial charge in [0.2, 0.25) is 0 Å². The Morgan fingerprint density at radius 1 is 1.33 bits per heavy atom. The van der Waals surface area contributed by atoms with Crippen LogP contribution in [0.1, 0.15) is 12.5 Å². The van der Waals surface area contributed by atoms with E-state index in [1.54, 1.807) is 6.92 Å². The zero-order valence-electron chi connectivity index (χ0n) is 6.60. The van der Waals surface area contributed by atoms with Gasteiger partial charge in [0.25, 0.3) is 0 Å². The van der Waals surface area contributed by atoms with Crippen molar-refractivity contribution in [1.29, 1.82) is 0 Å². The van der Waals surface area contributed by atoms with Gasteiger partial charge in [-0.15, -0.1) is 0 Å². The molecule has 2 rings (SSSR count). The molecule has 1 aromatic rings. The van der Waals surface area contributed by atoms with Crippen molar-refractivity contribution >= 4 is 0 Å². The standard InChI is InChI=1S/C9H8F2O/c1-9(5-12-9)8-6(10)3-2-4-7(8)11/h2-4H,5H2,1H3. The quantitative estimate of drug-likeness (QED) is 0.588. The highest BCUT2D eigenvalue weighted by molar-refractivity contribution is 5.28. The summed E-state index contributed by atoms with van der Waals surface area (Å²) >= 11 is 0. The van der Waals surface area contributed by atoms with E-state index in [9.17, 15) is 8.78 Å². The van der Waals surface area contributed by atoms with Gasteiger partial charge >= 0.3 is 0 Å². The van der Waals surface area contributed by atoms with E-state index in [-0.39, 0.29) is 5.56 Å². The molecule has 1 aliphatic heterocycles. The van der Waals surface area contributed by atoms with Gasteiger partial charge in [-0.25, -0.2) is 8.78 Å². The van der Waals surface area contributed by atoms with Gasteiger partial charge in [0.15, 0.2) is 0 Å². The van der Waals surface area contributed by atoms with E-state index in [2.05, 4.69) is 0 Å². The number of halogens is 2. The second-order valence-corrected chi connectivity index (χ2v) is 3.12. The van der Waals surface area contributed by atoms with E-state index >= 15 is 0 Å². The average Bonchev–Trinajstić information content (AvgIpc) is 2.68. The van der Waals surface area contributed by atoms with Crippen molar-refractivity contribution in [2.45, 2.75) is 12.5 Å². The predicted molar refractivity (Wildman–Crippen MR) is 39.7 cm³/mol. The van der Waals surface area contributed by atoms with Crippen LogP contribution in [0.3, 0.4) is 0 Å². The lowest BCUT2D eigenvalue weighted by Gasteiger charge is -2.07. The summed E-state index contributed by atoms with van der Waals surface area (Å²) in [4.78, 5) is 0. The molecule has 12 heavy (non-hydrogen) atoms. The van der Waals surface area contributed by atoms with E-state index in [0.717, 1.165) is 0 Å². The maximum absolute atomic E-state index is 13.1. The van der Waals surface area contributed by atoms with E-state index in [4.69, 9.17) is 4.74 Å². The first kappa shape index (κ1) is 7.68. The number of hydrogen-bond donors (Lipinski definition) is 0. The number of rotatable bonds is 1. The van der Waals surface area contributed by atoms with Crippen molar-refractivity contribution in [2.24, 2.45) is 0 Å². The SMILES string of the molecule is CC1(c2c(F)cccc2F)CO1. The average molecular weight is 170 g/mol. The number of hydrogen-bond acceptors (Lipinski definition) is 1. The summed E-state index contributed by atoms with van der Waals surface area (Å²) in [6, 6.07) is 3.83. The predicted octanol–water partition coefficient (Wildman–Crippen LogP) is 2.21. The van der Waals surface area contributed by atoms with Crippen LogP contribution < -0.4 is 0 Å². The smallest absolute Gasteiger partial charge is 0.132 e. The molecular weight excluding hydrogens is 162 g/mol. The summed E-state index contributed by atoms with van der Waals surface area (Å²) in [7, 11) is 0. The second kappa shape index (κ2) is 2.26. The highest BCUT2D eigenvalue weighted by Crippen LogP contribution is 2.40. The van der Waals surface area contributed by atoms with Gasteiger partial charge in [-0.3, -0.25) is 0 Å². The van der Waals surface area contributed by atoms with Crippen LogP contribution in [0.4, 0.5) is 8.78 Å². The first-order valence-corrected chi connectivity index (χ1v) is 3.72. The lowest BCUT2D eigenvalue weighted by atomic mass is 10.0. The van der Waals surface area contributed by atoms with Crippen molar-refractivity contribution in [2.75, 3.05) is 6.61 Å². The fraction of sp³-hybridized carbons (Fsp3) is 0.333. The Labute approximate surface area is 69.0 Å². The lowest BCUT2D eigenvalue weighted by Crippen LogP contribution is -2.08. The molecule has 1 aliphatic rings. The Bertz CT molecular complexity index is 298. The monoisotopic (exact) mass is 170 g/mol. The highest BCUT2D eigenvalue weighted by Gasteiger charge is 2.45. The van der Waals surface area contributed by atoms with Gasteiger partial charge in [0.1, 0.15) is 17.2 Å². The van der Waals surface area contributed by atoms with Gasteiger partial charge in [-0.2, -0.15) is 0 Å². The molecular formula is C9H8F2O. The van der Waals surface area contributed by atoms with Crippen LogP contribution in [-0.4, -0.2) is 6.61 Å². The molecule has 0 N–H and O–H groups in total. The molecule has 1 atom stereocenters. The molecule has 0 aliphatic carbocycles. The van der Waals surface area contributed by atoms with Gasteiger partial charge in [0.05, 0.1) is 12.2 Å². The summed E-state index contributed by atoms with van der Waals surface area (Å²) in [5.41, 5.74) is -0.680. The Balaban J connectivity index is 2.55. The van der Waals surface area contributed by atoms with Crippen LogP contribution in [0.5, 0.6) is 0 Å². The summed E-state index contributed by atoms with van der Waals surface area (Å²) in [6.45, 7) is 2.07. The summed E-state index contributed by atoms with van der Waals surface area (Å²) < 4.78 is 31.1. The molecule has 1 heterocycles. The Kier molecular flexibility index (Phi) is 1.45. The third-order valence-electron chi connectivity index (χ3n) is 2.07. The molecule has 64 valence electrons. The number of ether oxygens (including phenoxy) is 1. The van der Waals surface area contributed by atoms with Crippen LogP contribution >= 0.6 is 0 Å². The molecule has 1 aromatic carbocycles. The first-order valence-electron chi connectivity index (χ1n) is 3.72. The molecule has 1 unspecified atom stereocenters. The molecule has 0 spiro atoms. The van der Waals surface area contributed by atoms with Crippen molar-refractivity contribution in [3.63, 3.8) is 0 Å². The van der Waals surface area contributed by atoms with E-state index in [0.29, 0.717) is 6.61 Å². The maximum Gasteiger partial charge on any atom is 0.132 e. The minimum absolute atomic E-state index is 0.0463. The zero-order valence-corrected chi connectivity index (χ0v) is 6.60. The lowest BCUT2D eigenvalue weighted by molar-refractivity contribution is 0.312. The summed E-state index contributed by atoms with van der Waals surface area (Å²) in [6.07, 6.45) is 0. The van der Waals surface area contributed by atoms with Crippen LogP contribution in [0.2, 0.25) is 0 Å². The summed E-state index contributed by atoms with van der Waals surface area (Å²) in [5, 5.41) is 0.